The van der Waals surface area contributed by atoms with Crippen LogP contribution in [0.15, 0.2) is 47.2 Å². The highest BCUT2D eigenvalue weighted by molar-refractivity contribution is 9.10. The zero-order valence-electron chi connectivity index (χ0n) is 15.7. The molecule has 0 atom stereocenters. The van der Waals surface area contributed by atoms with Crippen LogP contribution in [-0.4, -0.2) is 52.5 Å². The number of carbonyl (C=O) groups excluding carboxylic acids is 1. The summed E-state index contributed by atoms with van der Waals surface area (Å²) in [5, 5.41) is 2.96. The second kappa shape index (κ2) is 9.10. The number of hydrogen-bond acceptors (Lipinski definition) is 4. The lowest BCUT2D eigenvalue weighted by Crippen LogP contribution is -2.26. The molecule has 2 heterocycles. The third kappa shape index (κ3) is 5.14. The van der Waals surface area contributed by atoms with Crippen LogP contribution in [0, 0.1) is 0 Å². The fraction of sp³-hybridized carbons (Fsp3) is 0.350. The molecular weight excluding hydrogens is 406 g/mol. The average Bonchev–Trinajstić information content (AvgIpc) is 2.99. The molecule has 6 nitrogen and oxygen atoms in total. The van der Waals surface area contributed by atoms with Crippen molar-refractivity contribution in [2.75, 3.05) is 27.2 Å². The number of fused-ring (bicyclic) bond motifs is 1. The van der Waals surface area contributed by atoms with Crippen molar-refractivity contribution in [3.63, 3.8) is 0 Å². The summed E-state index contributed by atoms with van der Waals surface area (Å²) in [5.74, 6) is 0.877. The van der Waals surface area contributed by atoms with Gasteiger partial charge >= 0.3 is 0 Å². The summed E-state index contributed by atoms with van der Waals surface area (Å²) in [6.07, 6.45) is 4.96. The van der Waals surface area contributed by atoms with Gasteiger partial charge in [0, 0.05) is 36.4 Å². The van der Waals surface area contributed by atoms with Crippen LogP contribution in [0.5, 0.6) is 0 Å². The first-order valence-corrected chi connectivity index (χ1v) is 9.81. The van der Waals surface area contributed by atoms with Crippen LogP contribution in [-0.2, 0) is 13.0 Å². The van der Waals surface area contributed by atoms with E-state index in [1.165, 1.54) is 0 Å². The number of para-hydroxylation sites is 2. The number of hydrogen-bond donors (Lipinski definition) is 1. The van der Waals surface area contributed by atoms with Crippen LogP contribution in [0.25, 0.3) is 11.0 Å². The molecule has 1 N–H and O–H groups in total. The first kappa shape index (κ1) is 19.5. The lowest BCUT2D eigenvalue weighted by atomic mass is 10.2. The van der Waals surface area contributed by atoms with Gasteiger partial charge in [-0.15, -0.1) is 0 Å². The Bertz CT molecular complexity index is 922. The Labute approximate surface area is 167 Å². The van der Waals surface area contributed by atoms with E-state index in [1.54, 1.807) is 18.5 Å². The molecule has 0 bridgehead atoms. The first-order valence-electron chi connectivity index (χ1n) is 9.02. The average molecular weight is 430 g/mol. The van der Waals surface area contributed by atoms with Crippen LogP contribution in [0.1, 0.15) is 22.6 Å². The summed E-state index contributed by atoms with van der Waals surface area (Å²) in [6.45, 7) is 2.47. The second-order valence-electron chi connectivity index (χ2n) is 6.72. The molecular formula is C20H24BrN5O. The van der Waals surface area contributed by atoms with Gasteiger partial charge in [0.1, 0.15) is 5.82 Å². The summed E-state index contributed by atoms with van der Waals surface area (Å²) in [4.78, 5) is 23.3. The highest BCUT2D eigenvalue weighted by atomic mass is 79.9. The standard InChI is InChI=1S/C20H24BrN5O/c1-25(2)10-5-11-26-18-7-4-3-6-17(18)24-19(26)8-9-23-20(27)15-12-16(21)14-22-13-15/h3-4,6-7,12-14H,5,8-11H2,1-2H3,(H,23,27). The number of amides is 1. The zero-order valence-corrected chi connectivity index (χ0v) is 17.2. The van der Waals surface area contributed by atoms with Crippen LogP contribution in [0.3, 0.4) is 0 Å². The summed E-state index contributed by atoms with van der Waals surface area (Å²) >= 11 is 3.34. The van der Waals surface area contributed by atoms with Gasteiger partial charge in [0.25, 0.3) is 5.91 Å². The van der Waals surface area contributed by atoms with Crippen LogP contribution in [0.4, 0.5) is 0 Å². The summed E-state index contributed by atoms with van der Waals surface area (Å²) in [5.41, 5.74) is 2.69. The van der Waals surface area contributed by atoms with Crippen LogP contribution < -0.4 is 5.32 Å². The molecule has 0 aliphatic heterocycles. The predicted octanol–water partition coefficient (Wildman–Crippen LogP) is 3.12. The number of nitrogens with zero attached hydrogens (tertiary/aromatic N) is 4. The number of imidazole rings is 1. The van der Waals surface area contributed by atoms with Crippen LogP contribution >= 0.6 is 15.9 Å². The minimum Gasteiger partial charge on any atom is -0.352 e. The van der Waals surface area contributed by atoms with Gasteiger partial charge in [-0.1, -0.05) is 12.1 Å². The third-order valence-corrected chi connectivity index (χ3v) is 4.76. The number of benzene rings is 1. The van der Waals surface area contributed by atoms with E-state index >= 15 is 0 Å². The first-order chi connectivity index (χ1) is 13.0. The van der Waals surface area contributed by atoms with Gasteiger partial charge in [-0.25, -0.2) is 4.98 Å². The van der Waals surface area contributed by atoms with E-state index in [9.17, 15) is 4.79 Å². The van der Waals surface area contributed by atoms with E-state index in [2.05, 4.69) is 55.9 Å². The second-order valence-corrected chi connectivity index (χ2v) is 7.64. The van der Waals surface area contributed by atoms with E-state index in [0.29, 0.717) is 18.5 Å². The number of pyridine rings is 1. The normalized spacial score (nSPS) is 11.3. The Kier molecular flexibility index (Phi) is 6.58. The van der Waals surface area contributed by atoms with Crippen molar-refractivity contribution in [1.82, 2.24) is 24.8 Å². The molecule has 3 aromatic rings. The highest BCUT2D eigenvalue weighted by Gasteiger charge is 2.11. The Balaban J connectivity index is 1.67. The maximum Gasteiger partial charge on any atom is 0.252 e. The Hall–Kier alpha value is -2.25. The van der Waals surface area contributed by atoms with E-state index < -0.39 is 0 Å². The molecule has 0 fully saturated rings. The topological polar surface area (TPSA) is 63.0 Å². The van der Waals surface area contributed by atoms with Gasteiger partial charge in [-0.2, -0.15) is 0 Å². The maximum atomic E-state index is 12.3. The Morgan fingerprint density at radius 1 is 1.26 bits per heavy atom. The number of nitrogens with one attached hydrogen (secondary N) is 1. The molecule has 0 unspecified atom stereocenters. The molecule has 0 saturated carbocycles. The van der Waals surface area contributed by atoms with Gasteiger partial charge in [0.15, 0.2) is 0 Å². The number of rotatable bonds is 8. The van der Waals surface area contributed by atoms with E-state index in [-0.39, 0.29) is 5.91 Å². The fourth-order valence-electron chi connectivity index (χ4n) is 3.04. The highest BCUT2D eigenvalue weighted by Crippen LogP contribution is 2.17. The molecule has 3 rings (SSSR count). The van der Waals surface area contributed by atoms with Crippen molar-refractivity contribution in [1.29, 1.82) is 0 Å². The van der Waals surface area contributed by atoms with Gasteiger partial charge in [0.2, 0.25) is 0 Å². The molecule has 142 valence electrons. The smallest absolute Gasteiger partial charge is 0.252 e. The molecule has 0 spiro atoms. The van der Waals surface area contributed by atoms with Gasteiger partial charge in [-0.05, 0) is 61.2 Å². The maximum absolute atomic E-state index is 12.3. The van der Waals surface area contributed by atoms with Crippen molar-refractivity contribution in [2.45, 2.75) is 19.4 Å². The lowest BCUT2D eigenvalue weighted by molar-refractivity contribution is 0.0953. The predicted molar refractivity (Wildman–Crippen MR) is 111 cm³/mol. The van der Waals surface area contributed by atoms with Crippen molar-refractivity contribution in [2.24, 2.45) is 0 Å². The van der Waals surface area contributed by atoms with Crippen molar-refractivity contribution >= 4 is 32.9 Å². The third-order valence-electron chi connectivity index (χ3n) is 4.32. The zero-order chi connectivity index (χ0) is 19.2. The molecule has 27 heavy (non-hydrogen) atoms. The summed E-state index contributed by atoms with van der Waals surface area (Å²) in [7, 11) is 4.17. The molecule has 1 amide bonds. The molecule has 1 aromatic carbocycles. The van der Waals surface area contributed by atoms with Crippen molar-refractivity contribution < 1.29 is 4.79 Å². The van der Waals surface area contributed by atoms with E-state index in [1.807, 2.05) is 18.2 Å². The SMILES string of the molecule is CN(C)CCCn1c(CCNC(=O)c2cncc(Br)c2)nc2ccccc21. The summed E-state index contributed by atoms with van der Waals surface area (Å²) < 4.78 is 3.06. The molecule has 0 aliphatic rings. The van der Waals surface area contributed by atoms with Gasteiger partial charge < -0.3 is 14.8 Å². The molecule has 0 saturated heterocycles. The minimum absolute atomic E-state index is 0.126. The molecule has 2 aromatic heterocycles. The molecule has 0 radical (unpaired) electrons. The van der Waals surface area contributed by atoms with Gasteiger partial charge in [0.05, 0.1) is 16.6 Å². The van der Waals surface area contributed by atoms with Crippen LogP contribution in [0.2, 0.25) is 0 Å². The monoisotopic (exact) mass is 429 g/mol. The molecule has 7 heteroatoms. The minimum atomic E-state index is -0.126. The fourth-order valence-corrected chi connectivity index (χ4v) is 3.40. The number of aryl methyl sites for hydroxylation is 1. The number of aromatic nitrogens is 3. The van der Waals surface area contributed by atoms with Crippen molar-refractivity contribution in [3.8, 4) is 0 Å². The largest absolute Gasteiger partial charge is 0.352 e. The molecule has 0 aliphatic carbocycles. The van der Waals surface area contributed by atoms with Crippen molar-refractivity contribution in [3.05, 3.63) is 58.6 Å². The number of carbonyl (C=O) groups is 1. The van der Waals surface area contributed by atoms with E-state index in [0.717, 1.165) is 40.8 Å². The summed E-state index contributed by atoms with van der Waals surface area (Å²) in [6, 6.07) is 9.95. The lowest BCUT2D eigenvalue weighted by Gasteiger charge is -2.13. The Morgan fingerprint density at radius 3 is 2.85 bits per heavy atom. The number of halogens is 1. The van der Waals surface area contributed by atoms with E-state index in [4.69, 9.17) is 4.98 Å². The quantitative estimate of drug-likeness (QED) is 0.597. The Morgan fingerprint density at radius 2 is 2.07 bits per heavy atom. The van der Waals surface area contributed by atoms with Gasteiger partial charge in [-0.3, -0.25) is 9.78 Å².